The van der Waals surface area contributed by atoms with Crippen LogP contribution < -0.4 is 0 Å². The lowest BCUT2D eigenvalue weighted by atomic mass is 10.0. The maximum Gasteiger partial charge on any atom is 0.210 e. The molecule has 6 aromatic rings. The zero-order chi connectivity index (χ0) is 23.7. The third-order valence-electron chi connectivity index (χ3n) is 6.48. The van der Waals surface area contributed by atoms with Gasteiger partial charge >= 0.3 is 0 Å². The van der Waals surface area contributed by atoms with E-state index in [0.717, 1.165) is 22.4 Å². The first-order chi connectivity index (χ1) is 17.0. The predicted molar refractivity (Wildman–Crippen MR) is 135 cm³/mol. The lowest BCUT2D eigenvalue weighted by Crippen LogP contribution is -2.15. The number of rotatable bonds is 2. The molecule has 0 spiro atoms. The monoisotopic (exact) mass is 474 g/mol. The summed E-state index contributed by atoms with van der Waals surface area (Å²) in [7, 11) is -3.75. The van der Waals surface area contributed by atoms with Gasteiger partial charge in [-0.25, -0.2) is 23.4 Å². The predicted octanol–water partition coefficient (Wildman–Crippen LogP) is 5.76. The molecule has 0 atom stereocenters. The number of benzene rings is 4. The third-order valence-corrected chi connectivity index (χ3v) is 8.29. The Morgan fingerprint density at radius 1 is 0.629 bits per heavy atom. The second-order valence-electron chi connectivity index (χ2n) is 8.58. The summed E-state index contributed by atoms with van der Waals surface area (Å²) in [5.41, 5.74) is 6.38. The Bertz CT molecular complexity index is 1930. The Kier molecular flexibility index (Phi) is 4.05. The van der Waals surface area contributed by atoms with Gasteiger partial charge in [0.2, 0.25) is 9.84 Å². The van der Waals surface area contributed by atoms with E-state index in [1.165, 1.54) is 0 Å². The maximum atomic E-state index is 13.8. The van der Waals surface area contributed by atoms with Gasteiger partial charge in [0, 0.05) is 11.1 Å². The normalized spacial score (nSPS) is 13.7. The van der Waals surface area contributed by atoms with Crippen LogP contribution >= 0.6 is 0 Å². The molecule has 0 unspecified atom stereocenters. The minimum atomic E-state index is -3.75. The highest BCUT2D eigenvalue weighted by Crippen LogP contribution is 2.41. The van der Waals surface area contributed by atoms with E-state index in [2.05, 4.69) is 4.98 Å². The maximum absolute atomic E-state index is 13.8. The highest BCUT2D eigenvalue weighted by Gasteiger charge is 2.33. The number of para-hydroxylation sites is 3. The molecule has 0 bridgehead atoms. The number of sulfone groups is 1. The van der Waals surface area contributed by atoms with E-state index in [1.807, 2.05) is 84.3 Å². The van der Waals surface area contributed by atoms with E-state index in [-0.39, 0.29) is 9.79 Å². The second kappa shape index (κ2) is 7.07. The van der Waals surface area contributed by atoms with Gasteiger partial charge in [-0.15, -0.1) is 0 Å². The zero-order valence-corrected chi connectivity index (χ0v) is 19.5. The molecule has 3 heterocycles. The van der Waals surface area contributed by atoms with Crippen molar-refractivity contribution in [3.63, 3.8) is 0 Å². The summed E-state index contributed by atoms with van der Waals surface area (Å²) >= 11 is 0. The molecule has 4 aromatic carbocycles. The van der Waals surface area contributed by atoms with Crippen molar-refractivity contribution in [3.05, 3.63) is 96.8 Å². The molecule has 0 fully saturated rings. The lowest BCUT2D eigenvalue weighted by Gasteiger charge is -2.21. The quantitative estimate of drug-likeness (QED) is 0.318. The van der Waals surface area contributed by atoms with E-state index in [1.54, 1.807) is 18.2 Å². The van der Waals surface area contributed by atoms with Crippen molar-refractivity contribution in [2.75, 3.05) is 0 Å². The summed E-state index contributed by atoms with van der Waals surface area (Å²) in [6.45, 7) is 1.89. The van der Waals surface area contributed by atoms with Gasteiger partial charge in [0.25, 0.3) is 0 Å². The largest absolute Gasteiger partial charge is 0.294 e. The van der Waals surface area contributed by atoms with Gasteiger partial charge in [0.05, 0.1) is 48.9 Å². The fourth-order valence-electron chi connectivity index (χ4n) is 4.90. The van der Waals surface area contributed by atoms with E-state index in [0.29, 0.717) is 33.7 Å². The molecule has 1 aliphatic heterocycles. The highest BCUT2D eigenvalue weighted by molar-refractivity contribution is 7.92. The third kappa shape index (κ3) is 2.82. The number of fused-ring (bicyclic) bond motifs is 3. The van der Waals surface area contributed by atoms with Crippen molar-refractivity contribution in [2.24, 2.45) is 0 Å². The van der Waals surface area contributed by atoms with Crippen LogP contribution in [0, 0.1) is 6.92 Å². The van der Waals surface area contributed by atoms with Crippen molar-refractivity contribution in [2.45, 2.75) is 16.7 Å². The fraction of sp³-hybridized carbons (Fsp3) is 0.0357. The van der Waals surface area contributed by atoms with E-state index in [4.69, 9.17) is 9.97 Å². The first-order valence-electron chi connectivity index (χ1n) is 11.2. The Balaban J connectivity index is 1.54. The number of aryl methyl sites for hydroxylation is 1. The molecule has 6 nitrogen and oxygen atoms in total. The number of imidazole rings is 1. The number of aromatic nitrogens is 4. The van der Waals surface area contributed by atoms with Crippen LogP contribution in [0.1, 0.15) is 5.82 Å². The Labute approximate surface area is 201 Å². The van der Waals surface area contributed by atoms with Crippen molar-refractivity contribution < 1.29 is 8.42 Å². The molecule has 35 heavy (non-hydrogen) atoms. The molecular formula is C28H18N4O2S. The van der Waals surface area contributed by atoms with E-state index < -0.39 is 9.84 Å². The minimum absolute atomic E-state index is 0.241. The molecule has 0 amide bonds. The van der Waals surface area contributed by atoms with Gasteiger partial charge in [-0.2, -0.15) is 0 Å². The Morgan fingerprint density at radius 3 is 2.03 bits per heavy atom. The molecule has 1 aliphatic rings. The van der Waals surface area contributed by atoms with Crippen LogP contribution in [-0.2, 0) is 9.84 Å². The van der Waals surface area contributed by atoms with Crippen molar-refractivity contribution in [1.29, 1.82) is 0 Å². The average Bonchev–Trinajstić information content (AvgIpc) is 3.23. The number of nitrogens with zero attached hydrogens (tertiary/aromatic N) is 4. The molecule has 2 aromatic heterocycles. The molecule has 0 saturated carbocycles. The van der Waals surface area contributed by atoms with Crippen LogP contribution in [0.15, 0.2) is 101 Å². The summed E-state index contributed by atoms with van der Waals surface area (Å²) < 4.78 is 29.5. The topological polar surface area (TPSA) is 77.7 Å². The van der Waals surface area contributed by atoms with Crippen LogP contribution in [-0.4, -0.2) is 27.9 Å². The van der Waals surface area contributed by atoms with Gasteiger partial charge in [-0.1, -0.05) is 54.6 Å². The van der Waals surface area contributed by atoms with Crippen molar-refractivity contribution >= 4 is 31.9 Å². The molecule has 7 rings (SSSR count). The molecule has 7 heteroatoms. The van der Waals surface area contributed by atoms with E-state index >= 15 is 0 Å². The van der Waals surface area contributed by atoms with Gasteiger partial charge < -0.3 is 0 Å². The fourth-order valence-corrected chi connectivity index (χ4v) is 6.56. The number of hydrogen-bond donors (Lipinski definition) is 0. The molecule has 0 N–H and O–H groups in total. The summed E-state index contributed by atoms with van der Waals surface area (Å²) in [6, 6.07) is 28.2. The average molecular weight is 475 g/mol. The highest BCUT2D eigenvalue weighted by atomic mass is 32.2. The summed E-state index contributed by atoms with van der Waals surface area (Å²) in [5, 5.41) is 0. The molecule has 168 valence electrons. The van der Waals surface area contributed by atoms with Crippen LogP contribution in [0.3, 0.4) is 0 Å². The van der Waals surface area contributed by atoms with Gasteiger partial charge in [0.15, 0.2) is 0 Å². The van der Waals surface area contributed by atoms with Gasteiger partial charge in [-0.05, 0) is 43.3 Å². The van der Waals surface area contributed by atoms with Crippen LogP contribution in [0.2, 0.25) is 0 Å². The molecule has 0 aliphatic carbocycles. The van der Waals surface area contributed by atoms with E-state index in [9.17, 15) is 8.42 Å². The standard InChI is InChI=1S/C28H18N4O2S/c1-17-29-22-12-7-13-24-28(22)32(17)23-15-14-19(16-25(23)35(24,33)34)27-26(18-8-3-2-4-9-18)30-20-10-5-6-11-21(20)31-27/h2-16H,1H3. The van der Waals surface area contributed by atoms with Crippen LogP contribution in [0.25, 0.3) is 50.3 Å². The summed E-state index contributed by atoms with van der Waals surface area (Å²) in [4.78, 5) is 15.0. The molecule has 0 radical (unpaired) electrons. The SMILES string of the molecule is Cc1nc2cccc3c2n1-c1ccc(-c2nc4ccccc4nc2-c2ccccc2)cc1S3(=O)=O. The Hall–Kier alpha value is -4.36. The van der Waals surface area contributed by atoms with Crippen molar-refractivity contribution in [1.82, 2.24) is 19.5 Å². The second-order valence-corrected chi connectivity index (χ2v) is 10.5. The first kappa shape index (κ1) is 20.1. The zero-order valence-electron chi connectivity index (χ0n) is 18.7. The molecule has 0 saturated heterocycles. The summed E-state index contributed by atoms with van der Waals surface area (Å²) in [6.07, 6.45) is 0. The van der Waals surface area contributed by atoms with Gasteiger partial charge in [-0.3, -0.25) is 4.57 Å². The number of hydrogen-bond acceptors (Lipinski definition) is 5. The lowest BCUT2D eigenvalue weighted by molar-refractivity contribution is 0.594. The molecular weight excluding hydrogens is 456 g/mol. The van der Waals surface area contributed by atoms with Crippen LogP contribution in [0.5, 0.6) is 0 Å². The van der Waals surface area contributed by atoms with Crippen molar-refractivity contribution in [3.8, 4) is 28.2 Å². The first-order valence-corrected chi connectivity index (χ1v) is 12.7. The van der Waals surface area contributed by atoms with Crippen LogP contribution in [0.4, 0.5) is 0 Å². The van der Waals surface area contributed by atoms with Gasteiger partial charge in [0.1, 0.15) is 5.82 Å². The minimum Gasteiger partial charge on any atom is -0.294 e. The smallest absolute Gasteiger partial charge is 0.210 e. The Morgan fingerprint density at radius 2 is 1.29 bits per heavy atom. The summed E-state index contributed by atoms with van der Waals surface area (Å²) in [5.74, 6) is 0.742.